The Balaban J connectivity index is 0.00000192. The number of hydrogen-bond acceptors (Lipinski definition) is 5. The number of amides is 1. The van der Waals surface area contributed by atoms with Crippen LogP contribution in [0.25, 0.3) is 21.0 Å². The number of halogens is 1. The largest absolute Gasteiger partial charge is 0.457 e. The Hall–Kier alpha value is -1.89. The van der Waals surface area contributed by atoms with Crippen molar-refractivity contribution in [1.82, 2.24) is 10.3 Å². The average molecular weight is 352 g/mol. The van der Waals surface area contributed by atoms with E-state index in [9.17, 15) is 4.79 Å². The monoisotopic (exact) mass is 351 g/mol. The van der Waals surface area contributed by atoms with Crippen LogP contribution >= 0.6 is 23.7 Å². The highest BCUT2D eigenvalue weighted by Gasteiger charge is 2.11. The molecule has 0 radical (unpaired) electrons. The van der Waals surface area contributed by atoms with Gasteiger partial charge in [0.2, 0.25) is 5.91 Å². The molecule has 3 rings (SSSR count). The molecule has 23 heavy (non-hydrogen) atoms. The molecule has 0 saturated heterocycles. The fraction of sp³-hybridized carbons (Fsp3) is 0.250. The van der Waals surface area contributed by atoms with E-state index in [1.807, 2.05) is 36.4 Å². The first kappa shape index (κ1) is 17.5. The second kappa shape index (κ2) is 8.10. The summed E-state index contributed by atoms with van der Waals surface area (Å²) in [7, 11) is 0. The number of thiazole rings is 1. The smallest absolute Gasteiger partial charge is 0.220 e. The van der Waals surface area contributed by atoms with Crippen LogP contribution in [0, 0.1) is 0 Å². The fourth-order valence-corrected chi connectivity index (χ4v) is 3.03. The van der Waals surface area contributed by atoms with Gasteiger partial charge in [-0.25, -0.2) is 4.98 Å². The molecule has 2 aromatic heterocycles. The Morgan fingerprint density at radius 3 is 2.87 bits per heavy atom. The van der Waals surface area contributed by atoms with Crippen molar-refractivity contribution < 1.29 is 9.21 Å². The minimum atomic E-state index is -0.0108. The molecule has 7 heteroatoms. The van der Waals surface area contributed by atoms with Gasteiger partial charge in [0, 0.05) is 6.42 Å². The number of carbonyl (C=O) groups excluding carboxylic acids is 1. The van der Waals surface area contributed by atoms with E-state index in [0.29, 0.717) is 25.9 Å². The second-order valence-electron chi connectivity index (χ2n) is 4.92. The molecule has 0 saturated carbocycles. The highest BCUT2D eigenvalue weighted by atomic mass is 35.5. The first-order chi connectivity index (χ1) is 10.8. The highest BCUT2D eigenvalue weighted by Crippen LogP contribution is 2.30. The minimum Gasteiger partial charge on any atom is -0.457 e. The van der Waals surface area contributed by atoms with Crippen molar-refractivity contribution in [3.8, 4) is 10.8 Å². The fourth-order valence-electron chi connectivity index (χ4n) is 2.10. The number of rotatable bonds is 6. The molecule has 0 bridgehead atoms. The van der Waals surface area contributed by atoms with Crippen molar-refractivity contribution in [1.29, 1.82) is 0 Å². The normalized spacial score (nSPS) is 10.5. The number of para-hydroxylation sites is 1. The minimum absolute atomic E-state index is 0. The zero-order valence-corrected chi connectivity index (χ0v) is 14.1. The number of hydrogen-bond donors (Lipinski definition) is 2. The SMILES string of the molecule is Cl.NCCCC(=O)NCc1ccc(-c2nc3ccccc3s2)o1. The summed E-state index contributed by atoms with van der Waals surface area (Å²) in [5.74, 6) is 1.44. The number of furan rings is 1. The van der Waals surface area contributed by atoms with E-state index >= 15 is 0 Å². The predicted molar refractivity (Wildman–Crippen MR) is 94.7 cm³/mol. The number of benzene rings is 1. The third kappa shape index (κ3) is 4.31. The number of nitrogens with one attached hydrogen (secondary N) is 1. The zero-order valence-electron chi connectivity index (χ0n) is 12.5. The van der Waals surface area contributed by atoms with Crippen molar-refractivity contribution in [3.63, 3.8) is 0 Å². The molecule has 122 valence electrons. The molecular formula is C16H18ClN3O2S. The lowest BCUT2D eigenvalue weighted by molar-refractivity contribution is -0.121. The van der Waals surface area contributed by atoms with Crippen molar-refractivity contribution >= 4 is 39.9 Å². The van der Waals surface area contributed by atoms with Crippen molar-refractivity contribution in [2.24, 2.45) is 5.73 Å². The van der Waals surface area contributed by atoms with Gasteiger partial charge in [-0.2, -0.15) is 0 Å². The summed E-state index contributed by atoms with van der Waals surface area (Å²) < 4.78 is 6.89. The molecule has 1 aromatic carbocycles. The third-order valence-corrected chi connectivity index (χ3v) is 4.29. The molecule has 0 fully saturated rings. The van der Waals surface area contributed by atoms with Crippen LogP contribution in [0.2, 0.25) is 0 Å². The van der Waals surface area contributed by atoms with Gasteiger partial charge in [-0.15, -0.1) is 23.7 Å². The third-order valence-electron chi connectivity index (χ3n) is 3.23. The maximum atomic E-state index is 11.6. The van der Waals surface area contributed by atoms with Gasteiger partial charge < -0.3 is 15.5 Å². The van der Waals surface area contributed by atoms with Gasteiger partial charge in [0.15, 0.2) is 10.8 Å². The first-order valence-electron chi connectivity index (χ1n) is 7.17. The van der Waals surface area contributed by atoms with Crippen LogP contribution in [0.3, 0.4) is 0 Å². The Morgan fingerprint density at radius 1 is 1.26 bits per heavy atom. The van der Waals surface area contributed by atoms with E-state index in [-0.39, 0.29) is 18.3 Å². The summed E-state index contributed by atoms with van der Waals surface area (Å²) >= 11 is 1.59. The summed E-state index contributed by atoms with van der Waals surface area (Å²) in [5, 5.41) is 3.67. The van der Waals surface area contributed by atoms with Gasteiger partial charge in [0.25, 0.3) is 0 Å². The van der Waals surface area contributed by atoms with Gasteiger partial charge >= 0.3 is 0 Å². The van der Waals surface area contributed by atoms with Crippen LogP contribution < -0.4 is 11.1 Å². The maximum absolute atomic E-state index is 11.6. The van der Waals surface area contributed by atoms with E-state index in [1.54, 1.807) is 11.3 Å². The predicted octanol–water partition coefficient (Wildman–Crippen LogP) is 3.33. The summed E-state index contributed by atoms with van der Waals surface area (Å²) in [6, 6.07) is 11.7. The van der Waals surface area contributed by atoms with Crippen LogP contribution in [0.1, 0.15) is 18.6 Å². The topological polar surface area (TPSA) is 81.2 Å². The average Bonchev–Trinajstić information content (AvgIpc) is 3.16. The lowest BCUT2D eigenvalue weighted by Crippen LogP contribution is -2.22. The standard InChI is InChI=1S/C16H17N3O2S.ClH/c17-9-3-6-15(20)18-10-11-7-8-13(21-11)16-19-12-4-1-2-5-14(12)22-16;/h1-2,4-5,7-8H,3,6,9-10,17H2,(H,18,20);1H. The molecule has 5 nitrogen and oxygen atoms in total. The summed E-state index contributed by atoms with van der Waals surface area (Å²) in [4.78, 5) is 16.1. The van der Waals surface area contributed by atoms with E-state index in [1.165, 1.54) is 0 Å². The lowest BCUT2D eigenvalue weighted by atomic mass is 10.3. The molecule has 3 N–H and O–H groups in total. The molecule has 0 atom stereocenters. The Labute approximate surface area is 144 Å². The molecule has 2 heterocycles. The van der Waals surface area contributed by atoms with Gasteiger partial charge in [-0.1, -0.05) is 12.1 Å². The van der Waals surface area contributed by atoms with Crippen molar-refractivity contribution in [3.05, 3.63) is 42.2 Å². The molecule has 0 unspecified atom stereocenters. The van der Waals surface area contributed by atoms with E-state index in [4.69, 9.17) is 10.2 Å². The molecule has 0 aliphatic heterocycles. The van der Waals surface area contributed by atoms with Crippen LogP contribution in [0.5, 0.6) is 0 Å². The number of carbonyl (C=O) groups is 1. The van der Waals surface area contributed by atoms with Crippen LogP contribution in [0.15, 0.2) is 40.8 Å². The number of nitrogens with two attached hydrogens (primary N) is 1. The van der Waals surface area contributed by atoms with Crippen molar-refractivity contribution in [2.75, 3.05) is 6.54 Å². The number of aromatic nitrogens is 1. The zero-order chi connectivity index (χ0) is 15.4. The summed E-state index contributed by atoms with van der Waals surface area (Å²) in [6.45, 7) is 0.907. The second-order valence-corrected chi connectivity index (χ2v) is 5.95. The molecule has 0 aliphatic rings. The molecule has 1 amide bonds. The Bertz CT molecular complexity index is 751. The summed E-state index contributed by atoms with van der Waals surface area (Å²) in [5.41, 5.74) is 6.35. The quantitative estimate of drug-likeness (QED) is 0.713. The molecular weight excluding hydrogens is 334 g/mol. The van der Waals surface area contributed by atoms with Gasteiger partial charge in [0.1, 0.15) is 5.76 Å². The number of nitrogens with zero attached hydrogens (tertiary/aromatic N) is 1. The molecule has 0 spiro atoms. The first-order valence-corrected chi connectivity index (χ1v) is 7.99. The highest BCUT2D eigenvalue weighted by molar-refractivity contribution is 7.21. The van der Waals surface area contributed by atoms with Gasteiger partial charge in [0.05, 0.1) is 16.8 Å². The van der Waals surface area contributed by atoms with Crippen molar-refractivity contribution in [2.45, 2.75) is 19.4 Å². The van der Waals surface area contributed by atoms with Crippen LogP contribution in [0.4, 0.5) is 0 Å². The Morgan fingerprint density at radius 2 is 2.09 bits per heavy atom. The Kier molecular flexibility index (Phi) is 6.15. The number of fused-ring (bicyclic) bond motifs is 1. The summed E-state index contributed by atoms with van der Waals surface area (Å²) in [6.07, 6.45) is 1.14. The van der Waals surface area contributed by atoms with Crippen LogP contribution in [-0.4, -0.2) is 17.4 Å². The van der Waals surface area contributed by atoms with Gasteiger partial charge in [-0.05, 0) is 37.2 Å². The van der Waals surface area contributed by atoms with Crippen LogP contribution in [-0.2, 0) is 11.3 Å². The van der Waals surface area contributed by atoms with E-state index < -0.39 is 0 Å². The lowest BCUT2D eigenvalue weighted by Gasteiger charge is -2.01. The van der Waals surface area contributed by atoms with E-state index in [2.05, 4.69) is 10.3 Å². The van der Waals surface area contributed by atoms with E-state index in [0.717, 1.165) is 26.7 Å². The maximum Gasteiger partial charge on any atom is 0.220 e. The van der Waals surface area contributed by atoms with Gasteiger partial charge in [-0.3, -0.25) is 4.79 Å². The molecule has 0 aliphatic carbocycles. The molecule has 3 aromatic rings.